The van der Waals surface area contributed by atoms with Gasteiger partial charge >= 0.3 is 0 Å². The minimum absolute atomic E-state index is 0.249. The molecule has 3 rings (SSSR count). The number of halogens is 1. The van der Waals surface area contributed by atoms with E-state index in [9.17, 15) is 5.26 Å². The van der Waals surface area contributed by atoms with Crippen molar-refractivity contribution in [3.05, 3.63) is 70.0 Å². The number of nitrogens with one attached hydrogen (secondary N) is 1. The molecule has 4 nitrogen and oxygen atoms in total. The molecule has 0 radical (unpaired) electrons. The van der Waals surface area contributed by atoms with Crippen LogP contribution < -0.4 is 5.43 Å². The van der Waals surface area contributed by atoms with E-state index in [1.807, 2.05) is 60.0 Å². The number of hydrazone groups is 1. The predicted octanol–water partition coefficient (Wildman–Crippen LogP) is 4.80. The van der Waals surface area contributed by atoms with Gasteiger partial charge in [-0.15, -0.1) is 11.3 Å². The average Bonchev–Trinajstić information content (AvgIpc) is 3.07. The fraction of sp³-hybridized carbons (Fsp3) is 0. The lowest BCUT2D eigenvalue weighted by molar-refractivity contribution is 1.31. The molecule has 23 heavy (non-hydrogen) atoms. The first-order valence-corrected chi connectivity index (χ1v) is 8.03. The van der Waals surface area contributed by atoms with Crippen molar-refractivity contribution in [3.63, 3.8) is 0 Å². The van der Waals surface area contributed by atoms with Crippen molar-refractivity contribution >= 4 is 34.3 Å². The highest BCUT2D eigenvalue weighted by Crippen LogP contribution is 2.24. The summed E-state index contributed by atoms with van der Waals surface area (Å²) >= 11 is 7.27. The molecule has 1 N–H and O–H groups in total. The number of rotatable bonds is 4. The van der Waals surface area contributed by atoms with Gasteiger partial charge in [0.05, 0.1) is 11.4 Å². The second-order valence-corrected chi connectivity index (χ2v) is 5.89. The third kappa shape index (κ3) is 3.75. The molecule has 0 bridgehead atoms. The molecule has 0 atom stereocenters. The molecule has 0 spiro atoms. The number of hydrogen-bond acceptors (Lipinski definition) is 5. The van der Waals surface area contributed by atoms with Crippen LogP contribution in [-0.2, 0) is 0 Å². The van der Waals surface area contributed by atoms with Gasteiger partial charge in [0, 0.05) is 16.0 Å². The van der Waals surface area contributed by atoms with Crippen LogP contribution in [0.15, 0.2) is 65.1 Å². The zero-order valence-electron chi connectivity index (χ0n) is 11.9. The number of nitriles is 1. The van der Waals surface area contributed by atoms with E-state index >= 15 is 0 Å². The maximum atomic E-state index is 9.30. The van der Waals surface area contributed by atoms with Gasteiger partial charge in [0.1, 0.15) is 6.07 Å². The van der Waals surface area contributed by atoms with Crippen LogP contribution in [0.5, 0.6) is 0 Å². The molecule has 3 aromatic rings. The summed E-state index contributed by atoms with van der Waals surface area (Å²) in [5.41, 5.74) is 5.67. The molecule has 0 aliphatic heterocycles. The molecule has 0 fully saturated rings. The van der Waals surface area contributed by atoms with Gasteiger partial charge in [-0.2, -0.15) is 10.4 Å². The number of thiazole rings is 1. The molecule has 1 aromatic heterocycles. The quantitative estimate of drug-likeness (QED) is 0.549. The lowest BCUT2D eigenvalue weighted by atomic mass is 10.2. The van der Waals surface area contributed by atoms with Crippen LogP contribution in [0.4, 0.5) is 5.69 Å². The minimum Gasteiger partial charge on any atom is -0.277 e. The molecular weight excluding hydrogens is 328 g/mol. The average molecular weight is 339 g/mol. The Hall–Kier alpha value is -2.68. The van der Waals surface area contributed by atoms with Gasteiger partial charge in [-0.25, -0.2) is 4.98 Å². The first-order chi connectivity index (χ1) is 11.3. The van der Waals surface area contributed by atoms with Crippen molar-refractivity contribution in [1.29, 1.82) is 5.26 Å². The Labute approximate surface area is 142 Å². The minimum atomic E-state index is 0.249. The summed E-state index contributed by atoms with van der Waals surface area (Å²) < 4.78 is 0. The second-order valence-electron chi connectivity index (χ2n) is 4.59. The Balaban J connectivity index is 1.83. The van der Waals surface area contributed by atoms with Gasteiger partial charge in [-0.3, -0.25) is 5.43 Å². The molecule has 0 saturated carbocycles. The third-order valence-electron chi connectivity index (χ3n) is 3.02. The number of benzene rings is 2. The van der Waals surface area contributed by atoms with E-state index in [-0.39, 0.29) is 5.71 Å². The van der Waals surface area contributed by atoms with Crippen molar-refractivity contribution in [2.75, 3.05) is 5.43 Å². The summed E-state index contributed by atoms with van der Waals surface area (Å²) in [5.74, 6) is 0. The van der Waals surface area contributed by atoms with Crippen molar-refractivity contribution < 1.29 is 0 Å². The standard InChI is InChI=1S/C17H11ClN4S/c18-13-8-6-12(7-9-13)16-11-23-17(20-16)15(10-19)22-21-14-4-2-1-3-5-14/h1-9,11,21H. The summed E-state index contributed by atoms with van der Waals surface area (Å²) in [6, 6.07) is 18.9. The first-order valence-electron chi connectivity index (χ1n) is 6.77. The van der Waals surface area contributed by atoms with Gasteiger partial charge in [0.2, 0.25) is 0 Å². The van der Waals surface area contributed by atoms with Crippen molar-refractivity contribution in [3.8, 4) is 17.3 Å². The van der Waals surface area contributed by atoms with Crippen LogP contribution in [0.2, 0.25) is 5.02 Å². The Bertz CT molecular complexity index is 864. The summed E-state index contributed by atoms with van der Waals surface area (Å²) in [6.45, 7) is 0. The van der Waals surface area contributed by atoms with E-state index < -0.39 is 0 Å². The molecular formula is C17H11ClN4S. The topological polar surface area (TPSA) is 61.1 Å². The molecule has 0 saturated heterocycles. The monoisotopic (exact) mass is 338 g/mol. The molecule has 2 aromatic carbocycles. The number of nitrogens with zero attached hydrogens (tertiary/aromatic N) is 3. The Morgan fingerprint density at radius 3 is 2.57 bits per heavy atom. The number of hydrogen-bond donors (Lipinski definition) is 1. The Morgan fingerprint density at radius 1 is 1.13 bits per heavy atom. The highest BCUT2D eigenvalue weighted by atomic mass is 35.5. The molecule has 0 aliphatic rings. The van der Waals surface area contributed by atoms with Gasteiger partial charge < -0.3 is 0 Å². The third-order valence-corrected chi connectivity index (χ3v) is 4.12. The second kappa shape index (κ2) is 7.05. The SMILES string of the molecule is N#CC(=NNc1ccccc1)c1nc(-c2ccc(Cl)cc2)cs1. The number of para-hydroxylation sites is 1. The van der Waals surface area contributed by atoms with E-state index in [4.69, 9.17) is 11.6 Å². The van der Waals surface area contributed by atoms with E-state index in [0.29, 0.717) is 10.0 Å². The summed E-state index contributed by atoms with van der Waals surface area (Å²) in [6.07, 6.45) is 0. The molecule has 1 heterocycles. The number of anilines is 1. The van der Waals surface area contributed by atoms with Gasteiger partial charge in [-0.05, 0) is 24.3 Å². The van der Waals surface area contributed by atoms with Crippen LogP contribution in [-0.4, -0.2) is 10.7 Å². The highest BCUT2D eigenvalue weighted by molar-refractivity contribution is 7.12. The van der Waals surface area contributed by atoms with E-state index in [0.717, 1.165) is 16.9 Å². The van der Waals surface area contributed by atoms with Gasteiger partial charge in [-0.1, -0.05) is 41.9 Å². The fourth-order valence-corrected chi connectivity index (χ4v) is 2.78. The summed E-state index contributed by atoms with van der Waals surface area (Å²) in [7, 11) is 0. The van der Waals surface area contributed by atoms with E-state index in [1.54, 1.807) is 0 Å². The fourth-order valence-electron chi connectivity index (χ4n) is 1.89. The van der Waals surface area contributed by atoms with Gasteiger partial charge in [0.25, 0.3) is 0 Å². The van der Waals surface area contributed by atoms with Crippen molar-refractivity contribution in [2.24, 2.45) is 5.10 Å². The van der Waals surface area contributed by atoms with E-state index in [2.05, 4.69) is 21.6 Å². The van der Waals surface area contributed by atoms with Crippen LogP contribution in [0.25, 0.3) is 11.3 Å². The van der Waals surface area contributed by atoms with Crippen molar-refractivity contribution in [1.82, 2.24) is 4.98 Å². The maximum Gasteiger partial charge on any atom is 0.196 e. The highest BCUT2D eigenvalue weighted by Gasteiger charge is 2.10. The molecule has 0 amide bonds. The molecule has 0 unspecified atom stereocenters. The first kappa shape index (κ1) is 15.2. The lowest BCUT2D eigenvalue weighted by Crippen LogP contribution is -2.01. The van der Waals surface area contributed by atoms with Crippen LogP contribution in [0.1, 0.15) is 5.01 Å². The molecule has 112 valence electrons. The van der Waals surface area contributed by atoms with E-state index in [1.165, 1.54) is 11.3 Å². The zero-order valence-corrected chi connectivity index (χ0v) is 13.5. The van der Waals surface area contributed by atoms with Crippen LogP contribution in [0.3, 0.4) is 0 Å². The lowest BCUT2D eigenvalue weighted by Gasteiger charge is -1.99. The maximum absolute atomic E-state index is 9.30. The molecule has 6 heteroatoms. The smallest absolute Gasteiger partial charge is 0.196 e. The largest absolute Gasteiger partial charge is 0.277 e. The molecule has 0 aliphatic carbocycles. The summed E-state index contributed by atoms with van der Waals surface area (Å²) in [5, 5.41) is 16.6. The normalized spacial score (nSPS) is 11.0. The zero-order chi connectivity index (χ0) is 16.1. The van der Waals surface area contributed by atoms with Crippen LogP contribution >= 0.6 is 22.9 Å². The summed E-state index contributed by atoms with van der Waals surface area (Å²) in [4.78, 5) is 4.48. The number of aromatic nitrogens is 1. The van der Waals surface area contributed by atoms with Crippen molar-refractivity contribution in [2.45, 2.75) is 0 Å². The van der Waals surface area contributed by atoms with Gasteiger partial charge in [0.15, 0.2) is 10.7 Å². The Kier molecular flexibility index (Phi) is 4.67. The Morgan fingerprint density at radius 2 is 1.87 bits per heavy atom. The predicted molar refractivity (Wildman–Crippen MR) is 94.8 cm³/mol. The van der Waals surface area contributed by atoms with Crippen LogP contribution in [0, 0.1) is 11.3 Å².